The van der Waals surface area contributed by atoms with E-state index in [4.69, 9.17) is 4.74 Å². The Morgan fingerprint density at radius 3 is 2.29 bits per heavy atom. The van der Waals surface area contributed by atoms with Gasteiger partial charge in [-0.3, -0.25) is 14.5 Å². The third kappa shape index (κ3) is 6.45. The number of methoxy groups -OCH3 is 1. The molecule has 11 nitrogen and oxygen atoms in total. The van der Waals surface area contributed by atoms with Crippen molar-refractivity contribution in [3.8, 4) is 5.75 Å². The first-order valence-corrected chi connectivity index (χ1v) is 12.3. The molecule has 0 bridgehead atoms. The van der Waals surface area contributed by atoms with Crippen molar-refractivity contribution >= 4 is 33.6 Å². The van der Waals surface area contributed by atoms with E-state index in [1.165, 1.54) is 19.2 Å². The molecule has 2 aromatic carbocycles. The highest BCUT2D eigenvalue weighted by Gasteiger charge is 2.45. The smallest absolute Gasteiger partial charge is 0.323 e. The van der Waals surface area contributed by atoms with Crippen molar-refractivity contribution in [3.63, 3.8) is 0 Å². The fourth-order valence-corrected chi connectivity index (χ4v) is 4.66. The summed E-state index contributed by atoms with van der Waals surface area (Å²) >= 11 is 0. The van der Waals surface area contributed by atoms with Crippen LogP contribution in [0.2, 0.25) is 0 Å². The van der Waals surface area contributed by atoms with Crippen LogP contribution in [0, 0.1) is 5.82 Å². The van der Waals surface area contributed by atoms with Crippen molar-refractivity contribution in [2.75, 3.05) is 31.8 Å². The molecular weight excluding hydrogens is 483 g/mol. The molecule has 2 unspecified atom stereocenters. The molecule has 2 atom stereocenters. The fourth-order valence-electron chi connectivity index (χ4n) is 3.68. The van der Waals surface area contributed by atoms with Crippen molar-refractivity contribution in [3.05, 3.63) is 59.9 Å². The van der Waals surface area contributed by atoms with Gasteiger partial charge >= 0.3 is 12.0 Å². The van der Waals surface area contributed by atoms with E-state index in [-0.39, 0.29) is 13.1 Å². The number of carbonyl (C=O) groups is 3. The van der Waals surface area contributed by atoms with Crippen LogP contribution in [0.15, 0.2) is 48.5 Å². The van der Waals surface area contributed by atoms with Gasteiger partial charge in [0.25, 0.3) is 5.91 Å². The van der Waals surface area contributed by atoms with Crippen LogP contribution in [-0.2, 0) is 19.6 Å². The minimum absolute atomic E-state index is 0.0761. The van der Waals surface area contributed by atoms with Crippen LogP contribution < -0.4 is 15.4 Å². The third-order valence-electron chi connectivity index (χ3n) is 5.36. The summed E-state index contributed by atoms with van der Waals surface area (Å²) in [5.74, 6) is -2.11. The van der Waals surface area contributed by atoms with E-state index in [2.05, 4.69) is 10.6 Å². The van der Waals surface area contributed by atoms with Crippen LogP contribution in [0.5, 0.6) is 5.75 Å². The molecule has 1 saturated heterocycles. The minimum atomic E-state index is -3.91. The van der Waals surface area contributed by atoms with E-state index in [9.17, 15) is 32.3 Å². The molecule has 1 aliphatic rings. The van der Waals surface area contributed by atoms with Crippen LogP contribution >= 0.6 is 0 Å². The first-order chi connectivity index (χ1) is 16.5. The molecule has 0 spiro atoms. The van der Waals surface area contributed by atoms with Gasteiger partial charge in [0.2, 0.25) is 10.0 Å². The lowest BCUT2D eigenvalue weighted by molar-refractivity contribution is -0.138. The number of carbonyl (C=O) groups excluding carboxylic acids is 2. The van der Waals surface area contributed by atoms with Gasteiger partial charge in [0.15, 0.2) is 6.17 Å². The van der Waals surface area contributed by atoms with Crippen LogP contribution in [-0.4, -0.2) is 73.3 Å². The summed E-state index contributed by atoms with van der Waals surface area (Å²) < 4.78 is 44.0. The molecule has 1 aliphatic heterocycles. The number of ether oxygens (including phenoxy) is 1. The highest BCUT2D eigenvalue weighted by atomic mass is 32.2. The van der Waals surface area contributed by atoms with Gasteiger partial charge in [0.1, 0.15) is 11.6 Å². The highest BCUT2D eigenvalue weighted by molar-refractivity contribution is 7.88. The summed E-state index contributed by atoms with van der Waals surface area (Å²) in [6, 6.07) is 9.44. The van der Waals surface area contributed by atoms with Gasteiger partial charge in [-0.05, 0) is 42.0 Å². The Morgan fingerprint density at radius 1 is 1.11 bits per heavy atom. The molecule has 0 radical (unpaired) electrons. The van der Waals surface area contributed by atoms with Crippen molar-refractivity contribution in [1.29, 1.82) is 0 Å². The number of carboxylic acid groups (broad SMARTS) is 1. The molecule has 3 N–H and O–H groups in total. The van der Waals surface area contributed by atoms with Crippen LogP contribution in [0.3, 0.4) is 0 Å². The molecule has 3 rings (SSSR count). The van der Waals surface area contributed by atoms with Crippen molar-refractivity contribution < 1.29 is 37.0 Å². The molecule has 2 aromatic rings. The molecule has 3 amide bonds. The van der Waals surface area contributed by atoms with Gasteiger partial charge in [-0.2, -0.15) is 4.31 Å². The predicted molar refractivity (Wildman–Crippen MR) is 124 cm³/mol. The highest BCUT2D eigenvalue weighted by Crippen LogP contribution is 2.24. The second kappa shape index (κ2) is 10.7. The fraction of sp³-hybridized carbons (Fsp3) is 0.318. The van der Waals surface area contributed by atoms with E-state index in [0.29, 0.717) is 17.0 Å². The van der Waals surface area contributed by atoms with Gasteiger partial charge in [-0.25, -0.2) is 17.6 Å². The number of nitrogens with zero attached hydrogens (tertiary/aromatic N) is 2. The zero-order valence-corrected chi connectivity index (χ0v) is 19.8. The van der Waals surface area contributed by atoms with Crippen LogP contribution in [0.25, 0.3) is 0 Å². The van der Waals surface area contributed by atoms with Gasteiger partial charge < -0.3 is 20.5 Å². The average molecular weight is 509 g/mol. The number of benzene rings is 2. The van der Waals surface area contributed by atoms with Crippen molar-refractivity contribution in [2.45, 2.75) is 18.6 Å². The maximum absolute atomic E-state index is 13.3. The average Bonchev–Trinajstić information content (AvgIpc) is 3.26. The molecule has 1 fully saturated rings. The van der Waals surface area contributed by atoms with Gasteiger partial charge in [-0.1, -0.05) is 12.1 Å². The minimum Gasteiger partial charge on any atom is -0.497 e. The number of carboxylic acids is 1. The number of amides is 3. The third-order valence-corrected chi connectivity index (χ3v) is 6.59. The Kier molecular flexibility index (Phi) is 7.92. The summed E-state index contributed by atoms with van der Waals surface area (Å²) in [7, 11) is -2.42. The summed E-state index contributed by atoms with van der Waals surface area (Å²) in [5, 5.41) is 14.4. The number of hydrogen-bond donors (Lipinski definition) is 3. The zero-order valence-electron chi connectivity index (χ0n) is 19.0. The van der Waals surface area contributed by atoms with Crippen LogP contribution in [0.4, 0.5) is 14.9 Å². The largest absolute Gasteiger partial charge is 0.497 e. The van der Waals surface area contributed by atoms with Crippen molar-refractivity contribution in [2.24, 2.45) is 0 Å². The van der Waals surface area contributed by atoms with E-state index in [1.807, 2.05) is 0 Å². The number of nitrogens with one attached hydrogen (secondary N) is 2. The number of anilines is 1. The molecule has 0 aliphatic carbocycles. The number of urea groups is 1. The Labute approximate surface area is 201 Å². The maximum Gasteiger partial charge on any atom is 0.323 e. The molecule has 188 valence electrons. The molecule has 35 heavy (non-hydrogen) atoms. The Hall–Kier alpha value is -3.71. The Morgan fingerprint density at radius 2 is 1.74 bits per heavy atom. The molecule has 0 aromatic heterocycles. The maximum atomic E-state index is 13.3. The quantitative estimate of drug-likeness (QED) is 0.491. The van der Waals surface area contributed by atoms with Gasteiger partial charge in [0.05, 0.1) is 25.8 Å². The Bertz CT molecular complexity index is 1190. The zero-order chi connectivity index (χ0) is 25.8. The molecular formula is C22H25FN4O7S. The lowest BCUT2D eigenvalue weighted by Crippen LogP contribution is -2.55. The first-order valence-electron chi connectivity index (χ1n) is 10.5. The van der Waals surface area contributed by atoms with Gasteiger partial charge in [-0.15, -0.1) is 0 Å². The summed E-state index contributed by atoms with van der Waals surface area (Å²) in [6.07, 6.45) is -1.19. The number of rotatable bonds is 8. The lowest BCUT2D eigenvalue weighted by atomic mass is 10.0. The van der Waals surface area contributed by atoms with Crippen LogP contribution in [0.1, 0.15) is 18.0 Å². The molecule has 0 saturated carbocycles. The molecule has 1 heterocycles. The van der Waals surface area contributed by atoms with Gasteiger partial charge in [0, 0.05) is 18.8 Å². The lowest BCUT2D eigenvalue weighted by Gasteiger charge is -2.29. The second-order valence-electron chi connectivity index (χ2n) is 7.81. The summed E-state index contributed by atoms with van der Waals surface area (Å²) in [5.41, 5.74) is 0.697. The normalized spacial score (nSPS) is 17.0. The first kappa shape index (κ1) is 25.9. The van der Waals surface area contributed by atoms with E-state index in [1.54, 1.807) is 24.3 Å². The van der Waals surface area contributed by atoms with E-state index < -0.39 is 52.4 Å². The number of halogens is 1. The van der Waals surface area contributed by atoms with E-state index >= 15 is 0 Å². The topological polar surface area (TPSA) is 145 Å². The van der Waals surface area contributed by atoms with Crippen molar-refractivity contribution in [1.82, 2.24) is 14.5 Å². The standard InChI is InChI=1S/C22H25FN4O7S/c1-34-17-9-7-16(8-10-17)24-22(31)26-11-12-27(35(2,32)33)21(26)20(30)25-18(13-19(28)29)14-3-5-15(23)6-4-14/h3-10,18,21H,11-13H2,1-2H3,(H,24,31)(H,25,30)(H,28,29). The SMILES string of the molecule is COc1ccc(NC(=O)N2CCN(S(C)(=O)=O)C2C(=O)NC(CC(=O)O)c2ccc(F)cc2)cc1. The molecule has 13 heteroatoms. The number of aliphatic carboxylic acids is 1. The number of sulfonamides is 1. The monoisotopic (exact) mass is 508 g/mol. The number of hydrogen-bond acceptors (Lipinski definition) is 6. The Balaban J connectivity index is 1.86. The van der Waals surface area contributed by atoms with E-state index in [0.717, 1.165) is 27.6 Å². The summed E-state index contributed by atoms with van der Waals surface area (Å²) in [6.45, 7) is -0.208. The summed E-state index contributed by atoms with van der Waals surface area (Å²) in [4.78, 5) is 38.7. The second-order valence-corrected chi connectivity index (χ2v) is 9.75. The predicted octanol–water partition coefficient (Wildman–Crippen LogP) is 1.60.